The van der Waals surface area contributed by atoms with Gasteiger partial charge in [-0.2, -0.15) is 0 Å². The highest BCUT2D eigenvalue weighted by atomic mass is 35.5. The molecule has 0 spiro atoms. The first-order valence-corrected chi connectivity index (χ1v) is 7.66. The van der Waals surface area contributed by atoms with Gasteiger partial charge in [0.2, 0.25) is 0 Å². The number of benzene rings is 1. The van der Waals surface area contributed by atoms with Crippen molar-refractivity contribution in [1.29, 1.82) is 0 Å². The minimum absolute atomic E-state index is 0.0600. The molecule has 0 saturated carbocycles. The number of non-ortho nitro benzene ring substituents is 1. The largest absolute Gasteiger partial charge is 0.495 e. The normalized spacial score (nSPS) is 11.0. The molecule has 0 bridgehead atoms. The van der Waals surface area contributed by atoms with Gasteiger partial charge in [-0.15, -0.1) is 0 Å². The van der Waals surface area contributed by atoms with Crippen molar-refractivity contribution in [2.75, 3.05) is 11.8 Å². The quantitative estimate of drug-likeness (QED) is 0.659. The highest BCUT2D eigenvalue weighted by Crippen LogP contribution is 2.29. The fraction of sp³-hybridized carbons (Fsp3) is 0.0833. The minimum atomic E-state index is -4.01. The van der Waals surface area contributed by atoms with Crippen LogP contribution in [0.15, 0.2) is 41.4 Å². The number of rotatable bonds is 5. The Morgan fingerprint density at radius 3 is 2.59 bits per heavy atom. The van der Waals surface area contributed by atoms with Crippen LogP contribution in [0.1, 0.15) is 0 Å². The van der Waals surface area contributed by atoms with Gasteiger partial charge in [0.1, 0.15) is 16.5 Å². The van der Waals surface area contributed by atoms with E-state index in [0.29, 0.717) is 5.02 Å². The summed E-state index contributed by atoms with van der Waals surface area (Å²) in [7, 11) is -2.79. The summed E-state index contributed by atoms with van der Waals surface area (Å²) in [4.78, 5) is 13.7. The molecule has 0 aliphatic rings. The van der Waals surface area contributed by atoms with Gasteiger partial charge in [0.15, 0.2) is 0 Å². The Bertz CT molecular complexity index is 808. The van der Waals surface area contributed by atoms with E-state index in [2.05, 4.69) is 9.71 Å². The molecule has 116 valence electrons. The molecule has 1 heterocycles. The van der Waals surface area contributed by atoms with Gasteiger partial charge in [-0.1, -0.05) is 11.6 Å². The number of nitrogens with one attached hydrogen (secondary N) is 1. The summed E-state index contributed by atoms with van der Waals surface area (Å²) in [5, 5.41) is 11.1. The predicted octanol–water partition coefficient (Wildman–Crippen LogP) is 2.45. The second-order valence-electron chi connectivity index (χ2n) is 4.06. The number of anilines is 1. The Hall–Kier alpha value is -2.39. The molecule has 8 nitrogen and oxygen atoms in total. The van der Waals surface area contributed by atoms with E-state index in [1.807, 2.05) is 0 Å². The highest BCUT2D eigenvalue weighted by Gasteiger charge is 2.22. The van der Waals surface area contributed by atoms with E-state index in [1.165, 1.54) is 25.4 Å². The van der Waals surface area contributed by atoms with Crippen molar-refractivity contribution >= 4 is 33.1 Å². The lowest BCUT2D eigenvalue weighted by atomic mass is 10.3. The molecule has 2 rings (SSSR count). The maximum Gasteiger partial charge on any atom is 0.273 e. The van der Waals surface area contributed by atoms with E-state index >= 15 is 0 Å². The van der Waals surface area contributed by atoms with Crippen LogP contribution in [0.4, 0.5) is 11.5 Å². The average molecular weight is 344 g/mol. The van der Waals surface area contributed by atoms with Crippen molar-refractivity contribution in [2.45, 2.75) is 4.90 Å². The minimum Gasteiger partial charge on any atom is -0.495 e. The van der Waals surface area contributed by atoms with E-state index in [0.717, 1.165) is 18.2 Å². The summed E-state index contributed by atoms with van der Waals surface area (Å²) in [6.07, 6.45) is 1.28. The molecule has 0 radical (unpaired) electrons. The first-order chi connectivity index (χ1) is 10.3. The Morgan fingerprint density at radius 1 is 1.32 bits per heavy atom. The Balaban J connectivity index is 2.40. The fourth-order valence-corrected chi connectivity index (χ4v) is 2.89. The number of nitrogens with zero attached hydrogens (tertiary/aromatic N) is 2. The van der Waals surface area contributed by atoms with Crippen LogP contribution in [0.25, 0.3) is 0 Å². The third-order valence-electron chi connectivity index (χ3n) is 2.61. The smallest absolute Gasteiger partial charge is 0.273 e. The van der Waals surface area contributed by atoms with Crippen molar-refractivity contribution in [3.63, 3.8) is 0 Å². The second kappa shape index (κ2) is 6.16. The molecular formula is C12H10ClN3O5S. The SMILES string of the molecule is COc1cc([N+](=O)[O-])ccc1S(=O)(=O)Nc1ccc(Cl)cn1. The number of halogens is 1. The zero-order valence-corrected chi connectivity index (χ0v) is 12.8. The lowest BCUT2D eigenvalue weighted by Gasteiger charge is -2.10. The van der Waals surface area contributed by atoms with E-state index in [-0.39, 0.29) is 22.2 Å². The number of hydrogen-bond acceptors (Lipinski definition) is 6. The summed E-state index contributed by atoms with van der Waals surface area (Å²) in [6, 6.07) is 6.06. The molecular weight excluding hydrogens is 334 g/mol. The molecule has 10 heteroatoms. The number of sulfonamides is 1. The van der Waals surface area contributed by atoms with Crippen LogP contribution in [0.5, 0.6) is 5.75 Å². The average Bonchev–Trinajstić information content (AvgIpc) is 2.48. The van der Waals surface area contributed by atoms with Crippen LogP contribution in [0.3, 0.4) is 0 Å². The maximum atomic E-state index is 12.3. The Labute approximate surface area is 130 Å². The van der Waals surface area contributed by atoms with Crippen molar-refractivity contribution in [1.82, 2.24) is 4.98 Å². The fourth-order valence-electron chi connectivity index (χ4n) is 1.62. The monoisotopic (exact) mass is 343 g/mol. The number of methoxy groups -OCH3 is 1. The van der Waals surface area contributed by atoms with E-state index in [1.54, 1.807) is 0 Å². The van der Waals surface area contributed by atoms with Gasteiger partial charge >= 0.3 is 0 Å². The lowest BCUT2D eigenvalue weighted by molar-refractivity contribution is -0.385. The number of aromatic nitrogens is 1. The first kappa shape index (κ1) is 16.0. The van der Waals surface area contributed by atoms with Gasteiger partial charge in [-0.3, -0.25) is 14.8 Å². The first-order valence-electron chi connectivity index (χ1n) is 5.80. The zero-order chi connectivity index (χ0) is 16.3. The molecule has 0 aliphatic carbocycles. The van der Waals surface area contributed by atoms with Crippen molar-refractivity contribution < 1.29 is 18.1 Å². The summed E-state index contributed by atoms with van der Waals surface area (Å²) in [6.45, 7) is 0. The molecule has 0 saturated heterocycles. The molecule has 1 N–H and O–H groups in total. The Morgan fingerprint density at radius 2 is 2.05 bits per heavy atom. The third-order valence-corrected chi connectivity index (χ3v) is 4.23. The number of hydrogen-bond donors (Lipinski definition) is 1. The lowest BCUT2D eigenvalue weighted by Crippen LogP contribution is -2.15. The predicted molar refractivity (Wildman–Crippen MR) is 79.7 cm³/mol. The third kappa shape index (κ3) is 3.43. The van der Waals surface area contributed by atoms with Crippen molar-refractivity contribution in [2.24, 2.45) is 0 Å². The van der Waals surface area contributed by atoms with Crippen LogP contribution in [-0.2, 0) is 10.0 Å². The molecule has 0 amide bonds. The van der Waals surface area contributed by atoms with Crippen molar-refractivity contribution in [3.8, 4) is 5.75 Å². The van der Waals surface area contributed by atoms with Gasteiger partial charge in [-0.25, -0.2) is 13.4 Å². The van der Waals surface area contributed by atoms with Crippen molar-refractivity contribution in [3.05, 3.63) is 51.7 Å². The molecule has 1 aromatic carbocycles. The highest BCUT2D eigenvalue weighted by molar-refractivity contribution is 7.92. The summed E-state index contributed by atoms with van der Waals surface area (Å²) >= 11 is 5.67. The summed E-state index contributed by atoms with van der Waals surface area (Å²) < 4.78 is 31.8. The van der Waals surface area contributed by atoms with E-state index < -0.39 is 14.9 Å². The molecule has 0 unspecified atom stereocenters. The Kier molecular flexibility index (Phi) is 4.48. The molecule has 22 heavy (non-hydrogen) atoms. The van der Waals surface area contributed by atoms with Gasteiger partial charge in [0, 0.05) is 12.3 Å². The van der Waals surface area contributed by atoms with Gasteiger partial charge in [-0.05, 0) is 18.2 Å². The number of nitro benzene ring substituents is 1. The summed E-state index contributed by atoms with van der Waals surface area (Å²) in [5.74, 6) is -0.0829. The van der Waals surface area contributed by atoms with Crippen LogP contribution >= 0.6 is 11.6 Å². The van der Waals surface area contributed by atoms with Crippen LogP contribution in [-0.4, -0.2) is 25.4 Å². The number of nitro groups is 1. The molecule has 1 aromatic heterocycles. The topological polar surface area (TPSA) is 111 Å². The molecule has 2 aromatic rings. The number of pyridine rings is 1. The van der Waals surface area contributed by atoms with Crippen LogP contribution < -0.4 is 9.46 Å². The summed E-state index contributed by atoms with van der Waals surface area (Å²) in [5.41, 5.74) is -0.277. The molecule has 0 atom stereocenters. The molecule has 0 fully saturated rings. The standard InChI is InChI=1S/C12H10ClN3O5S/c1-21-10-6-9(16(17)18)3-4-11(10)22(19,20)15-12-5-2-8(13)7-14-12/h2-7H,1H3,(H,14,15). The van der Waals surface area contributed by atoms with Gasteiger partial charge in [0.25, 0.3) is 15.7 Å². The van der Waals surface area contributed by atoms with Crippen LogP contribution in [0, 0.1) is 10.1 Å². The van der Waals surface area contributed by atoms with E-state index in [9.17, 15) is 18.5 Å². The van der Waals surface area contributed by atoms with Crippen LogP contribution in [0.2, 0.25) is 5.02 Å². The van der Waals surface area contributed by atoms with Gasteiger partial charge in [0.05, 0.1) is 23.1 Å². The molecule has 0 aliphatic heterocycles. The second-order valence-corrected chi connectivity index (χ2v) is 6.15. The maximum absolute atomic E-state index is 12.3. The van der Waals surface area contributed by atoms with Gasteiger partial charge < -0.3 is 4.74 Å². The number of ether oxygens (including phenoxy) is 1. The zero-order valence-electron chi connectivity index (χ0n) is 11.2. The van der Waals surface area contributed by atoms with E-state index in [4.69, 9.17) is 16.3 Å².